The number of amides is 1. The lowest BCUT2D eigenvalue weighted by Crippen LogP contribution is -2.45. The zero-order valence-corrected chi connectivity index (χ0v) is 20.5. The molecule has 0 aromatic carbocycles. The number of nitrogens with one attached hydrogen (secondary N) is 1. The number of aromatic nitrogens is 4. The Kier molecular flexibility index (Phi) is 7.72. The molecule has 0 spiro atoms. The maximum absolute atomic E-state index is 14.0. The Balaban J connectivity index is 1.38. The molecule has 12 heteroatoms. The van der Waals surface area contributed by atoms with Crippen molar-refractivity contribution in [2.45, 2.75) is 25.3 Å². The van der Waals surface area contributed by atoms with E-state index in [-0.39, 0.29) is 18.4 Å². The SMILES string of the molecule is N#CCC(=O)N1CCC[C@@H](Nc2cc(OCCN3CCOCC3)nc(-c3cnc4ccc(F)cn34)n2)C1. The smallest absolute Gasteiger partial charge is 0.236 e. The van der Waals surface area contributed by atoms with E-state index in [0.717, 1.165) is 32.5 Å². The number of morpholine rings is 1. The van der Waals surface area contributed by atoms with Crippen LogP contribution in [-0.2, 0) is 9.53 Å². The fourth-order valence-electron chi connectivity index (χ4n) is 4.62. The normalized spacial score (nSPS) is 18.5. The predicted molar refractivity (Wildman–Crippen MR) is 132 cm³/mol. The third-order valence-electron chi connectivity index (χ3n) is 6.52. The van der Waals surface area contributed by atoms with Gasteiger partial charge in [0, 0.05) is 51.0 Å². The van der Waals surface area contributed by atoms with Crippen LogP contribution in [0.25, 0.3) is 17.2 Å². The summed E-state index contributed by atoms with van der Waals surface area (Å²) in [5.41, 5.74) is 1.11. The Morgan fingerprint density at radius 3 is 2.97 bits per heavy atom. The molecule has 0 saturated carbocycles. The Hall–Kier alpha value is -3.82. The van der Waals surface area contributed by atoms with Crippen LogP contribution in [0.2, 0.25) is 0 Å². The Bertz CT molecular complexity index is 1290. The Labute approximate surface area is 213 Å². The van der Waals surface area contributed by atoms with Crippen molar-refractivity contribution in [2.75, 3.05) is 57.9 Å². The maximum Gasteiger partial charge on any atom is 0.236 e. The molecule has 0 unspecified atom stereocenters. The van der Waals surface area contributed by atoms with Gasteiger partial charge in [0.05, 0.1) is 25.5 Å². The minimum atomic E-state index is -0.396. The summed E-state index contributed by atoms with van der Waals surface area (Å²) in [7, 11) is 0. The van der Waals surface area contributed by atoms with Crippen LogP contribution in [0.15, 0.2) is 30.6 Å². The van der Waals surface area contributed by atoms with Crippen molar-refractivity contribution >= 4 is 17.4 Å². The van der Waals surface area contributed by atoms with Crippen LogP contribution >= 0.6 is 0 Å². The quantitative estimate of drug-likeness (QED) is 0.487. The summed E-state index contributed by atoms with van der Waals surface area (Å²) >= 11 is 0. The third-order valence-corrected chi connectivity index (χ3v) is 6.52. The van der Waals surface area contributed by atoms with Crippen LogP contribution in [0, 0.1) is 17.1 Å². The lowest BCUT2D eigenvalue weighted by Gasteiger charge is -2.33. The van der Waals surface area contributed by atoms with Gasteiger partial charge in [-0.3, -0.25) is 14.1 Å². The molecule has 0 aliphatic carbocycles. The number of nitrogens with zero attached hydrogens (tertiary/aromatic N) is 7. The average molecular weight is 509 g/mol. The number of pyridine rings is 1. The molecule has 5 rings (SSSR count). The van der Waals surface area contributed by atoms with Crippen molar-refractivity contribution in [3.05, 3.63) is 36.4 Å². The molecule has 2 fully saturated rings. The number of carbonyl (C=O) groups is 1. The fourth-order valence-corrected chi connectivity index (χ4v) is 4.62. The highest BCUT2D eigenvalue weighted by atomic mass is 19.1. The van der Waals surface area contributed by atoms with Crippen LogP contribution in [0.3, 0.4) is 0 Å². The van der Waals surface area contributed by atoms with E-state index in [1.165, 1.54) is 12.3 Å². The minimum absolute atomic E-state index is 0.0417. The third kappa shape index (κ3) is 6.12. The van der Waals surface area contributed by atoms with Crippen molar-refractivity contribution in [3.8, 4) is 23.5 Å². The minimum Gasteiger partial charge on any atom is -0.476 e. The number of likely N-dealkylation sites (tertiary alicyclic amines) is 1. The van der Waals surface area contributed by atoms with E-state index < -0.39 is 5.82 Å². The fraction of sp³-hybridized carbons (Fsp3) is 0.480. The molecular weight excluding hydrogens is 479 g/mol. The van der Waals surface area contributed by atoms with E-state index in [1.54, 1.807) is 27.6 Å². The van der Waals surface area contributed by atoms with Crippen molar-refractivity contribution in [3.63, 3.8) is 0 Å². The highest BCUT2D eigenvalue weighted by Crippen LogP contribution is 2.25. The molecule has 0 radical (unpaired) electrons. The van der Waals surface area contributed by atoms with Gasteiger partial charge < -0.3 is 19.7 Å². The number of carbonyl (C=O) groups excluding carboxylic acids is 1. The summed E-state index contributed by atoms with van der Waals surface area (Å²) in [5, 5.41) is 12.3. The summed E-state index contributed by atoms with van der Waals surface area (Å²) in [6.45, 7) is 5.45. The van der Waals surface area contributed by atoms with Crippen molar-refractivity contribution in [1.82, 2.24) is 29.2 Å². The van der Waals surface area contributed by atoms with E-state index >= 15 is 0 Å². The summed E-state index contributed by atoms with van der Waals surface area (Å²) in [6, 6.07) is 6.57. The standard InChI is InChI=1S/C25H29FN8O3/c26-18-3-4-22-28-15-20(34(22)16-18)25-30-21(29-19-2-1-7-33(17-19)24(35)5-6-27)14-23(31-25)37-13-10-32-8-11-36-12-9-32/h3-4,14-16,19H,1-2,5,7-13,17H2,(H,29,30,31)/t19-/m1/s1. The van der Waals surface area contributed by atoms with Crippen LogP contribution in [0.1, 0.15) is 19.3 Å². The molecule has 0 bridgehead atoms. The summed E-state index contributed by atoms with van der Waals surface area (Å²) < 4.78 is 27.0. The van der Waals surface area contributed by atoms with Gasteiger partial charge in [0.1, 0.15) is 36.0 Å². The first-order chi connectivity index (χ1) is 18.1. The zero-order valence-electron chi connectivity index (χ0n) is 20.5. The van der Waals surface area contributed by atoms with Crippen LogP contribution in [-0.4, -0.2) is 93.6 Å². The molecule has 3 aromatic rings. The molecule has 1 N–H and O–H groups in total. The number of fused-ring (bicyclic) bond motifs is 1. The van der Waals surface area contributed by atoms with Gasteiger partial charge in [-0.15, -0.1) is 0 Å². The lowest BCUT2D eigenvalue weighted by atomic mass is 10.1. The number of ether oxygens (including phenoxy) is 2. The number of piperidine rings is 1. The molecule has 1 amide bonds. The lowest BCUT2D eigenvalue weighted by molar-refractivity contribution is -0.131. The molecule has 3 aromatic heterocycles. The van der Waals surface area contributed by atoms with Gasteiger partial charge in [0.15, 0.2) is 5.82 Å². The first-order valence-corrected chi connectivity index (χ1v) is 12.5. The molecule has 194 valence electrons. The molecule has 5 heterocycles. The average Bonchev–Trinajstić information content (AvgIpc) is 3.33. The topological polar surface area (TPSA) is 121 Å². The van der Waals surface area contributed by atoms with Gasteiger partial charge in [0.25, 0.3) is 0 Å². The number of hydrogen-bond donors (Lipinski definition) is 1. The number of nitriles is 1. The van der Waals surface area contributed by atoms with Gasteiger partial charge in [-0.2, -0.15) is 10.2 Å². The zero-order chi connectivity index (χ0) is 25.6. The molecule has 2 aliphatic rings. The van der Waals surface area contributed by atoms with Gasteiger partial charge in [-0.05, 0) is 25.0 Å². The number of halogens is 1. The van der Waals surface area contributed by atoms with Crippen molar-refractivity contribution in [1.29, 1.82) is 5.26 Å². The number of hydrogen-bond acceptors (Lipinski definition) is 9. The van der Waals surface area contributed by atoms with Gasteiger partial charge in [-0.25, -0.2) is 14.4 Å². The highest BCUT2D eigenvalue weighted by molar-refractivity contribution is 5.78. The predicted octanol–water partition coefficient (Wildman–Crippen LogP) is 1.96. The first kappa shape index (κ1) is 24.9. The second-order valence-electron chi connectivity index (χ2n) is 9.09. The first-order valence-electron chi connectivity index (χ1n) is 12.5. The summed E-state index contributed by atoms with van der Waals surface area (Å²) in [4.78, 5) is 29.8. The van der Waals surface area contributed by atoms with Crippen LogP contribution in [0.5, 0.6) is 5.88 Å². The largest absolute Gasteiger partial charge is 0.476 e. The van der Waals surface area contributed by atoms with Crippen molar-refractivity contribution in [2.24, 2.45) is 0 Å². The van der Waals surface area contributed by atoms with E-state index in [4.69, 9.17) is 14.7 Å². The molecule has 2 saturated heterocycles. The second-order valence-corrected chi connectivity index (χ2v) is 9.09. The monoisotopic (exact) mass is 508 g/mol. The molecule has 2 aliphatic heterocycles. The van der Waals surface area contributed by atoms with E-state index in [2.05, 4.69) is 25.2 Å². The maximum atomic E-state index is 14.0. The summed E-state index contributed by atoms with van der Waals surface area (Å²) in [6.07, 6.45) is 4.50. The van der Waals surface area contributed by atoms with Gasteiger partial charge in [0.2, 0.25) is 11.8 Å². The highest BCUT2D eigenvalue weighted by Gasteiger charge is 2.24. The molecule has 11 nitrogen and oxygen atoms in total. The number of imidazole rings is 1. The summed E-state index contributed by atoms with van der Waals surface area (Å²) in [5.74, 6) is 0.708. The molecule has 1 atom stereocenters. The Morgan fingerprint density at radius 1 is 1.27 bits per heavy atom. The van der Waals surface area contributed by atoms with Gasteiger partial charge >= 0.3 is 0 Å². The van der Waals surface area contributed by atoms with Crippen LogP contribution < -0.4 is 10.1 Å². The Morgan fingerprint density at radius 2 is 2.14 bits per heavy atom. The number of anilines is 1. The molecule has 37 heavy (non-hydrogen) atoms. The van der Waals surface area contributed by atoms with Gasteiger partial charge in [-0.1, -0.05) is 0 Å². The van der Waals surface area contributed by atoms with E-state index in [9.17, 15) is 9.18 Å². The van der Waals surface area contributed by atoms with E-state index in [0.29, 0.717) is 61.8 Å². The van der Waals surface area contributed by atoms with E-state index in [1.807, 2.05) is 6.07 Å². The number of rotatable bonds is 8. The molecular formula is C25H29FN8O3. The van der Waals surface area contributed by atoms with Crippen LogP contribution in [0.4, 0.5) is 10.2 Å². The second kappa shape index (κ2) is 11.5. The van der Waals surface area contributed by atoms with Crippen molar-refractivity contribution < 1.29 is 18.7 Å².